The van der Waals surface area contributed by atoms with Crippen LogP contribution in [-0.2, 0) is 10.0 Å². The maximum atomic E-state index is 12.2. The first-order valence-electron chi connectivity index (χ1n) is 7.44. The van der Waals surface area contributed by atoms with E-state index in [-0.39, 0.29) is 4.90 Å². The van der Waals surface area contributed by atoms with Crippen molar-refractivity contribution in [1.29, 1.82) is 0 Å². The second kappa shape index (κ2) is 4.83. The van der Waals surface area contributed by atoms with Crippen molar-refractivity contribution in [3.63, 3.8) is 0 Å². The van der Waals surface area contributed by atoms with Gasteiger partial charge in [0.25, 0.3) is 10.0 Å². The summed E-state index contributed by atoms with van der Waals surface area (Å²) in [7, 11) is -3.55. The number of rotatable bonds is 3. The summed E-state index contributed by atoms with van der Waals surface area (Å²) in [5.74, 6) is 1.47. The maximum absolute atomic E-state index is 12.2. The average molecular weight is 306 g/mol. The lowest BCUT2D eigenvalue weighted by atomic mass is 9.99. The first kappa shape index (κ1) is 14.6. The number of hydrazone groups is 1. The van der Waals surface area contributed by atoms with Crippen molar-refractivity contribution in [3.8, 4) is 0 Å². The third-order valence-electron chi connectivity index (χ3n) is 5.14. The predicted molar refractivity (Wildman–Crippen MR) is 83.5 cm³/mol. The van der Waals surface area contributed by atoms with E-state index < -0.39 is 10.0 Å². The van der Waals surface area contributed by atoms with Gasteiger partial charge >= 0.3 is 0 Å². The molecule has 0 aliphatic heterocycles. The number of aryl methyl sites for hydroxylation is 1. The molecule has 3 rings (SSSR count). The minimum atomic E-state index is -3.55. The van der Waals surface area contributed by atoms with Crippen LogP contribution in [0, 0.1) is 24.2 Å². The Morgan fingerprint density at radius 1 is 1.19 bits per heavy atom. The fourth-order valence-corrected chi connectivity index (χ4v) is 4.36. The second-order valence-electron chi connectivity index (χ2n) is 6.86. The maximum Gasteiger partial charge on any atom is 0.276 e. The molecule has 1 aromatic rings. The largest absolute Gasteiger partial charge is 0.276 e. The molecule has 0 spiro atoms. The van der Waals surface area contributed by atoms with E-state index in [0.29, 0.717) is 11.3 Å². The molecule has 1 aromatic carbocycles. The molecule has 2 aliphatic carbocycles. The molecule has 0 radical (unpaired) electrons. The molecule has 21 heavy (non-hydrogen) atoms. The van der Waals surface area contributed by atoms with Crippen molar-refractivity contribution in [3.05, 3.63) is 29.8 Å². The summed E-state index contributed by atoms with van der Waals surface area (Å²) in [6.07, 6.45) is 2.96. The summed E-state index contributed by atoms with van der Waals surface area (Å²) in [4.78, 5) is 2.65. The van der Waals surface area contributed by atoms with Crippen LogP contribution < -0.4 is 4.83 Å². The molecular formula is C16H22N2O2S. The molecule has 2 saturated carbocycles. The van der Waals surface area contributed by atoms with E-state index in [1.54, 1.807) is 24.3 Å². The highest BCUT2D eigenvalue weighted by Crippen LogP contribution is 2.64. The number of nitrogens with one attached hydrogen (secondary N) is 1. The molecule has 1 N–H and O–H groups in total. The van der Waals surface area contributed by atoms with Gasteiger partial charge in [-0.2, -0.15) is 13.5 Å². The summed E-state index contributed by atoms with van der Waals surface area (Å²) >= 11 is 0. The Kier molecular flexibility index (Phi) is 3.35. The molecule has 0 saturated heterocycles. The van der Waals surface area contributed by atoms with Crippen LogP contribution in [0.3, 0.4) is 0 Å². The Balaban J connectivity index is 1.69. The standard InChI is InChI=1S/C16H22N2O2S/c1-11-4-7-13(8-5-11)21(19,20)18-17-12-6-9-14-15(10-12)16(14,2)3/h4-5,7-8,14-15,18H,6,9-10H2,1-3H3/b17-12-/t14-,15-/m1/s1. The van der Waals surface area contributed by atoms with E-state index >= 15 is 0 Å². The Morgan fingerprint density at radius 3 is 2.48 bits per heavy atom. The quantitative estimate of drug-likeness (QED) is 0.872. The zero-order valence-corrected chi connectivity index (χ0v) is 13.6. The summed E-state index contributed by atoms with van der Waals surface area (Å²) in [5, 5.41) is 4.18. The number of sulfonamides is 1. The van der Waals surface area contributed by atoms with Gasteiger partial charge in [0, 0.05) is 5.71 Å². The summed E-state index contributed by atoms with van der Waals surface area (Å²) in [5.41, 5.74) is 2.43. The number of benzene rings is 1. The number of hydrogen-bond acceptors (Lipinski definition) is 3. The number of nitrogens with zero attached hydrogens (tertiary/aromatic N) is 1. The van der Waals surface area contributed by atoms with Crippen LogP contribution in [0.2, 0.25) is 0 Å². The zero-order chi connectivity index (χ0) is 15.3. The highest BCUT2D eigenvalue weighted by Gasteiger charge is 2.58. The molecule has 2 fully saturated rings. The van der Waals surface area contributed by atoms with Gasteiger partial charge < -0.3 is 0 Å². The SMILES string of the molecule is Cc1ccc(S(=O)(=O)N/N=C2/CC[C@@H]3[C@@H](C2)C3(C)C)cc1. The minimum Gasteiger partial charge on any atom is -0.200 e. The van der Waals surface area contributed by atoms with Gasteiger partial charge in [0.15, 0.2) is 0 Å². The molecule has 4 nitrogen and oxygen atoms in total. The predicted octanol–water partition coefficient (Wildman–Crippen LogP) is 3.09. The molecular weight excluding hydrogens is 284 g/mol. The van der Waals surface area contributed by atoms with Crippen molar-refractivity contribution in [2.45, 2.75) is 44.9 Å². The van der Waals surface area contributed by atoms with E-state index in [0.717, 1.165) is 36.5 Å². The van der Waals surface area contributed by atoms with E-state index in [1.807, 2.05) is 6.92 Å². The molecule has 0 heterocycles. The third-order valence-corrected chi connectivity index (χ3v) is 6.37. The lowest BCUT2D eigenvalue weighted by Gasteiger charge is -2.12. The van der Waals surface area contributed by atoms with Crippen LogP contribution in [0.1, 0.15) is 38.7 Å². The first-order chi connectivity index (χ1) is 9.80. The molecule has 2 atom stereocenters. The number of hydrogen-bond donors (Lipinski definition) is 1. The van der Waals surface area contributed by atoms with Crippen molar-refractivity contribution in [2.24, 2.45) is 22.4 Å². The number of fused-ring (bicyclic) bond motifs is 1. The van der Waals surface area contributed by atoms with E-state index in [4.69, 9.17) is 0 Å². The van der Waals surface area contributed by atoms with Crippen molar-refractivity contribution >= 4 is 15.7 Å². The highest BCUT2D eigenvalue weighted by atomic mass is 32.2. The third kappa shape index (κ3) is 2.71. The van der Waals surface area contributed by atoms with Gasteiger partial charge in [0.2, 0.25) is 0 Å². The first-order valence-corrected chi connectivity index (χ1v) is 8.93. The van der Waals surface area contributed by atoms with Crippen LogP contribution in [-0.4, -0.2) is 14.1 Å². The lowest BCUT2D eigenvalue weighted by molar-refractivity contribution is 0.537. The van der Waals surface area contributed by atoms with Crippen molar-refractivity contribution in [1.82, 2.24) is 4.83 Å². The highest BCUT2D eigenvalue weighted by molar-refractivity contribution is 7.89. The summed E-state index contributed by atoms with van der Waals surface area (Å²) < 4.78 is 24.4. The van der Waals surface area contributed by atoms with Crippen molar-refractivity contribution < 1.29 is 8.42 Å². The Bertz CT molecular complexity index is 675. The van der Waals surface area contributed by atoms with E-state index in [1.165, 1.54) is 0 Å². The van der Waals surface area contributed by atoms with E-state index in [9.17, 15) is 8.42 Å². The van der Waals surface area contributed by atoms with Gasteiger partial charge in [-0.1, -0.05) is 31.5 Å². The molecule has 0 bridgehead atoms. The van der Waals surface area contributed by atoms with Crippen LogP contribution in [0.25, 0.3) is 0 Å². The molecule has 2 aliphatic rings. The van der Waals surface area contributed by atoms with Gasteiger partial charge in [0.05, 0.1) is 4.90 Å². The molecule has 5 heteroatoms. The van der Waals surface area contributed by atoms with Crippen LogP contribution >= 0.6 is 0 Å². The van der Waals surface area contributed by atoms with Gasteiger partial charge in [-0.15, -0.1) is 0 Å². The minimum absolute atomic E-state index is 0.262. The molecule has 0 aromatic heterocycles. The smallest absolute Gasteiger partial charge is 0.200 e. The van der Waals surface area contributed by atoms with Crippen LogP contribution in [0.4, 0.5) is 0 Å². The Hall–Kier alpha value is -1.36. The monoisotopic (exact) mass is 306 g/mol. The lowest BCUT2D eigenvalue weighted by Crippen LogP contribution is -2.21. The Labute approximate surface area is 126 Å². The van der Waals surface area contributed by atoms with Gasteiger partial charge in [-0.05, 0) is 55.6 Å². The van der Waals surface area contributed by atoms with E-state index in [2.05, 4.69) is 23.8 Å². The zero-order valence-electron chi connectivity index (χ0n) is 12.8. The topological polar surface area (TPSA) is 58.5 Å². The van der Waals surface area contributed by atoms with Crippen LogP contribution in [0.5, 0.6) is 0 Å². The fourth-order valence-electron chi connectivity index (χ4n) is 3.51. The van der Waals surface area contributed by atoms with Gasteiger partial charge in [0.1, 0.15) is 0 Å². The van der Waals surface area contributed by atoms with Gasteiger partial charge in [-0.25, -0.2) is 4.83 Å². The average Bonchev–Trinajstić information content (AvgIpc) is 2.99. The van der Waals surface area contributed by atoms with Gasteiger partial charge in [-0.3, -0.25) is 0 Å². The summed E-state index contributed by atoms with van der Waals surface area (Å²) in [6.45, 7) is 6.52. The normalized spacial score (nSPS) is 29.0. The summed E-state index contributed by atoms with van der Waals surface area (Å²) in [6, 6.07) is 6.80. The second-order valence-corrected chi connectivity index (χ2v) is 8.52. The fraction of sp³-hybridized carbons (Fsp3) is 0.562. The van der Waals surface area contributed by atoms with Crippen LogP contribution in [0.15, 0.2) is 34.3 Å². The molecule has 0 unspecified atom stereocenters. The van der Waals surface area contributed by atoms with Crippen molar-refractivity contribution in [2.75, 3.05) is 0 Å². The molecule has 0 amide bonds. The Morgan fingerprint density at radius 2 is 1.86 bits per heavy atom. The molecule has 114 valence electrons.